The molecule has 4 aromatic carbocycles. The lowest BCUT2D eigenvalue weighted by atomic mass is 9.83. The minimum absolute atomic E-state index is 0.0372. The van der Waals surface area contributed by atoms with Crippen LogP contribution in [0, 0.1) is 6.92 Å². The van der Waals surface area contributed by atoms with Gasteiger partial charge in [-0.2, -0.15) is 0 Å². The Balaban J connectivity index is 1.33. The number of hydrogen-bond donors (Lipinski definition) is 0. The van der Waals surface area contributed by atoms with Crippen molar-refractivity contribution in [2.24, 2.45) is 0 Å². The van der Waals surface area contributed by atoms with E-state index in [9.17, 15) is 9.59 Å². The van der Waals surface area contributed by atoms with Gasteiger partial charge in [0, 0.05) is 31.1 Å². The molecule has 0 saturated carbocycles. The van der Waals surface area contributed by atoms with Gasteiger partial charge in [-0.3, -0.25) is 9.59 Å². The van der Waals surface area contributed by atoms with E-state index >= 15 is 0 Å². The van der Waals surface area contributed by atoms with Gasteiger partial charge in [-0.05, 0) is 84.0 Å². The number of esters is 1. The largest absolute Gasteiger partial charge is 0.466 e. The number of fused-ring (bicyclic) bond motifs is 3. The van der Waals surface area contributed by atoms with Gasteiger partial charge in [-0.1, -0.05) is 59.8 Å². The van der Waals surface area contributed by atoms with Gasteiger partial charge in [0.2, 0.25) is 0 Å². The molecule has 5 aromatic rings. The molecule has 0 radical (unpaired) electrons. The molecule has 0 saturated heterocycles. The summed E-state index contributed by atoms with van der Waals surface area (Å²) in [6.07, 6.45) is 1.02. The van der Waals surface area contributed by atoms with Crippen LogP contribution in [0.25, 0.3) is 21.8 Å². The van der Waals surface area contributed by atoms with E-state index < -0.39 is 0 Å². The molecule has 0 N–H and O–H groups in total. The van der Waals surface area contributed by atoms with Gasteiger partial charge >= 0.3 is 5.97 Å². The van der Waals surface area contributed by atoms with Crippen LogP contribution in [0.3, 0.4) is 0 Å². The van der Waals surface area contributed by atoms with Gasteiger partial charge in [0.1, 0.15) is 5.52 Å². The maximum Gasteiger partial charge on any atom is 0.306 e. The summed E-state index contributed by atoms with van der Waals surface area (Å²) >= 11 is 0. The minimum atomic E-state index is -0.236. The summed E-state index contributed by atoms with van der Waals surface area (Å²) < 4.78 is 7.26. The average Bonchev–Trinajstić information content (AvgIpc) is 3.43. The highest BCUT2D eigenvalue weighted by atomic mass is 16.5. The third-order valence-electron chi connectivity index (χ3n) is 8.26. The fourth-order valence-electron chi connectivity index (χ4n) is 6.06. The Hall–Kier alpha value is -4.52. The molecule has 1 atom stereocenters. The summed E-state index contributed by atoms with van der Waals surface area (Å²) in [5.41, 5.74) is 7.97. The van der Waals surface area contributed by atoms with Crippen LogP contribution < -0.4 is 0 Å². The fourth-order valence-corrected chi connectivity index (χ4v) is 6.06. The van der Waals surface area contributed by atoms with Crippen molar-refractivity contribution in [2.45, 2.75) is 52.6 Å². The highest BCUT2D eigenvalue weighted by molar-refractivity contribution is 5.98. The minimum Gasteiger partial charge on any atom is -0.466 e. The average molecular weight is 547 g/mol. The van der Waals surface area contributed by atoms with Crippen LogP contribution >= 0.6 is 0 Å². The number of ether oxygens (including phenoxy) is 1. The molecule has 0 spiro atoms. The van der Waals surface area contributed by atoms with Crippen molar-refractivity contribution >= 4 is 33.7 Å². The number of carbonyl (C=O) groups excluding carboxylic acids is 2. The Kier molecular flexibility index (Phi) is 7.26. The van der Waals surface area contributed by atoms with Crippen LogP contribution in [0.5, 0.6) is 0 Å². The van der Waals surface area contributed by atoms with E-state index in [0.717, 1.165) is 57.0 Å². The second-order valence-electron chi connectivity index (χ2n) is 10.7. The molecule has 1 aliphatic heterocycles. The number of rotatable bonds is 7. The lowest BCUT2D eigenvalue weighted by Crippen LogP contribution is -2.36. The Bertz CT molecular complexity index is 1770. The Morgan fingerprint density at radius 1 is 0.951 bits per heavy atom. The third-order valence-corrected chi connectivity index (χ3v) is 8.26. The Morgan fingerprint density at radius 2 is 1.78 bits per heavy atom. The smallest absolute Gasteiger partial charge is 0.306 e. The van der Waals surface area contributed by atoms with Crippen LogP contribution in [-0.4, -0.2) is 44.9 Å². The van der Waals surface area contributed by atoms with Crippen LogP contribution in [0.15, 0.2) is 72.8 Å². The summed E-state index contributed by atoms with van der Waals surface area (Å²) in [5.74, 6) is -0.405. The molecule has 0 fully saturated rings. The molecule has 7 nitrogen and oxygen atoms in total. The molecule has 1 amide bonds. The zero-order valence-corrected chi connectivity index (χ0v) is 23.8. The molecule has 2 heterocycles. The van der Waals surface area contributed by atoms with Crippen molar-refractivity contribution in [1.82, 2.24) is 19.9 Å². The predicted octanol–water partition coefficient (Wildman–Crippen LogP) is 6.20. The molecule has 1 aliphatic rings. The van der Waals surface area contributed by atoms with Gasteiger partial charge in [0.05, 0.1) is 18.5 Å². The van der Waals surface area contributed by atoms with E-state index in [1.807, 2.05) is 72.8 Å². The van der Waals surface area contributed by atoms with E-state index in [-0.39, 0.29) is 24.2 Å². The SMILES string of the molecule is CCOC(=O)CC(c1ccc2c(c1)CN(C(=O)c1ccc3ccccc3c1)CC2)c1ccc2c(nnn2CC)c1C. The summed E-state index contributed by atoms with van der Waals surface area (Å²) in [4.78, 5) is 28.3. The standard InChI is InChI=1S/C34H34N4O3/c1-4-38-31-15-14-29(22(3)33(31)35-36-38)30(20-32(39)41-5-2)26-12-10-24-16-17-37(21-28(24)19-26)34(40)27-13-11-23-8-6-7-9-25(23)18-27/h6-15,18-19,30H,4-5,16-17,20-21H2,1-3H3. The maximum atomic E-state index is 13.6. The van der Waals surface area contributed by atoms with Crippen molar-refractivity contribution in [1.29, 1.82) is 0 Å². The summed E-state index contributed by atoms with van der Waals surface area (Å²) in [6, 6.07) is 24.6. The molecule has 0 aliphatic carbocycles. The van der Waals surface area contributed by atoms with Crippen LogP contribution in [0.1, 0.15) is 64.4 Å². The van der Waals surface area contributed by atoms with Crippen molar-refractivity contribution in [3.05, 3.63) is 106 Å². The van der Waals surface area contributed by atoms with Crippen LogP contribution in [-0.2, 0) is 29.0 Å². The molecule has 208 valence electrons. The van der Waals surface area contributed by atoms with Gasteiger partial charge in [-0.15, -0.1) is 5.10 Å². The first-order valence-electron chi connectivity index (χ1n) is 14.3. The molecular weight excluding hydrogens is 512 g/mol. The van der Waals surface area contributed by atoms with E-state index in [4.69, 9.17) is 4.74 Å². The van der Waals surface area contributed by atoms with Gasteiger partial charge in [0.15, 0.2) is 0 Å². The molecule has 7 heteroatoms. The van der Waals surface area contributed by atoms with Crippen molar-refractivity contribution in [3.8, 4) is 0 Å². The second-order valence-corrected chi connectivity index (χ2v) is 10.7. The molecule has 41 heavy (non-hydrogen) atoms. The quantitative estimate of drug-likeness (QED) is 0.227. The fraction of sp³-hybridized carbons (Fsp3) is 0.294. The van der Waals surface area contributed by atoms with Gasteiger partial charge in [0.25, 0.3) is 5.91 Å². The van der Waals surface area contributed by atoms with Gasteiger partial charge < -0.3 is 9.64 Å². The number of aryl methyl sites for hydroxylation is 2. The molecule has 1 aromatic heterocycles. The predicted molar refractivity (Wildman–Crippen MR) is 160 cm³/mol. The van der Waals surface area contributed by atoms with Gasteiger partial charge in [-0.25, -0.2) is 4.68 Å². The number of aromatic nitrogens is 3. The topological polar surface area (TPSA) is 77.3 Å². The lowest BCUT2D eigenvalue weighted by Gasteiger charge is -2.30. The monoisotopic (exact) mass is 546 g/mol. The summed E-state index contributed by atoms with van der Waals surface area (Å²) in [5, 5.41) is 10.9. The van der Waals surface area contributed by atoms with E-state index in [2.05, 4.69) is 40.6 Å². The maximum absolute atomic E-state index is 13.6. The molecule has 6 rings (SSSR count). The third kappa shape index (κ3) is 5.08. The number of carbonyl (C=O) groups is 2. The summed E-state index contributed by atoms with van der Waals surface area (Å²) in [6.45, 7) is 8.20. The molecule has 1 unspecified atom stereocenters. The summed E-state index contributed by atoms with van der Waals surface area (Å²) in [7, 11) is 0. The van der Waals surface area contributed by atoms with Crippen LogP contribution in [0.4, 0.5) is 0 Å². The molecule has 0 bridgehead atoms. The Labute approximate surface area is 239 Å². The highest BCUT2D eigenvalue weighted by Crippen LogP contribution is 2.35. The van der Waals surface area contributed by atoms with Crippen LogP contribution in [0.2, 0.25) is 0 Å². The normalized spacial score (nSPS) is 13.8. The lowest BCUT2D eigenvalue weighted by molar-refractivity contribution is -0.143. The first-order valence-corrected chi connectivity index (χ1v) is 14.3. The number of hydrogen-bond acceptors (Lipinski definition) is 5. The first kappa shape index (κ1) is 26.7. The van der Waals surface area contributed by atoms with Crippen molar-refractivity contribution in [2.75, 3.05) is 13.2 Å². The number of benzene rings is 4. The number of nitrogens with zero attached hydrogens (tertiary/aromatic N) is 4. The van der Waals surface area contributed by atoms with E-state index in [1.54, 1.807) is 0 Å². The van der Waals surface area contributed by atoms with Crippen molar-refractivity contribution < 1.29 is 14.3 Å². The zero-order chi connectivity index (χ0) is 28.5. The second kappa shape index (κ2) is 11.2. The zero-order valence-electron chi connectivity index (χ0n) is 23.8. The van der Waals surface area contributed by atoms with E-state index in [0.29, 0.717) is 25.3 Å². The molecular formula is C34H34N4O3. The number of amides is 1. The van der Waals surface area contributed by atoms with Crippen molar-refractivity contribution in [3.63, 3.8) is 0 Å². The first-order chi connectivity index (χ1) is 20.0. The van der Waals surface area contributed by atoms with E-state index in [1.165, 1.54) is 5.56 Å². The highest BCUT2D eigenvalue weighted by Gasteiger charge is 2.26. The Morgan fingerprint density at radius 3 is 2.59 bits per heavy atom.